The van der Waals surface area contributed by atoms with E-state index in [0.29, 0.717) is 0 Å². The van der Waals surface area contributed by atoms with Crippen molar-refractivity contribution in [3.63, 3.8) is 0 Å². The fraction of sp³-hybridized carbons (Fsp3) is 0.182. The quantitative estimate of drug-likeness (QED) is 0.618. The highest BCUT2D eigenvalue weighted by molar-refractivity contribution is 7.00. The van der Waals surface area contributed by atoms with Gasteiger partial charge in [-0.2, -0.15) is 0 Å². The molecule has 0 aromatic heterocycles. The second-order valence-corrected chi connectivity index (χ2v) is 10.6. The van der Waals surface area contributed by atoms with Gasteiger partial charge in [-0.25, -0.2) is 0 Å². The molecule has 0 unspecified atom stereocenters. The minimum Gasteiger partial charge on any atom is -0.0626 e. The van der Waals surface area contributed by atoms with E-state index in [9.17, 15) is 0 Å². The molecule has 116 valence electrons. The lowest BCUT2D eigenvalue weighted by Crippen LogP contribution is -2.57. The first-order chi connectivity index (χ1) is 11.2. The third kappa shape index (κ3) is 3.46. The molecule has 0 radical (unpaired) electrons. The summed E-state index contributed by atoms with van der Waals surface area (Å²) < 4.78 is 0. The van der Waals surface area contributed by atoms with Gasteiger partial charge in [-0.3, -0.25) is 0 Å². The van der Waals surface area contributed by atoms with E-state index in [2.05, 4.69) is 98.4 Å². The minimum atomic E-state index is -1.77. The van der Waals surface area contributed by atoms with Crippen molar-refractivity contribution in [3.8, 4) is 0 Å². The molecule has 0 nitrogen and oxygen atoms in total. The van der Waals surface area contributed by atoms with Gasteiger partial charge in [0.25, 0.3) is 0 Å². The van der Waals surface area contributed by atoms with Crippen molar-refractivity contribution in [1.82, 2.24) is 0 Å². The third-order valence-electron chi connectivity index (χ3n) is 4.81. The van der Waals surface area contributed by atoms with Crippen molar-refractivity contribution in [3.05, 3.63) is 96.1 Å². The normalized spacial score (nSPS) is 11.4. The second kappa shape index (κ2) is 6.97. The van der Waals surface area contributed by atoms with Crippen molar-refractivity contribution in [1.29, 1.82) is 0 Å². The Morgan fingerprint density at radius 3 is 1.48 bits per heavy atom. The molecule has 0 aliphatic carbocycles. The average Bonchev–Trinajstić information content (AvgIpc) is 2.64. The van der Waals surface area contributed by atoms with Crippen molar-refractivity contribution in [2.45, 2.75) is 25.9 Å². The Morgan fingerprint density at radius 1 is 0.609 bits per heavy atom. The molecule has 0 amide bonds. The van der Waals surface area contributed by atoms with Crippen molar-refractivity contribution in [2.24, 2.45) is 0 Å². The Kier molecular flexibility index (Phi) is 4.78. The second-order valence-electron chi connectivity index (χ2n) is 6.41. The van der Waals surface area contributed by atoms with E-state index in [1.807, 2.05) is 0 Å². The summed E-state index contributed by atoms with van der Waals surface area (Å²) in [6.07, 6.45) is 1.10. The van der Waals surface area contributed by atoms with E-state index in [0.717, 1.165) is 12.5 Å². The fourth-order valence-corrected chi connectivity index (χ4v) is 6.93. The van der Waals surface area contributed by atoms with Crippen molar-refractivity contribution >= 4 is 18.4 Å². The predicted octanol–water partition coefficient (Wildman–Crippen LogP) is 4.22. The average molecular weight is 317 g/mol. The molecular weight excluding hydrogens is 292 g/mol. The molecule has 3 aromatic rings. The summed E-state index contributed by atoms with van der Waals surface area (Å²) in [6.45, 7) is 4.70. The topological polar surface area (TPSA) is 0 Å². The lowest BCUT2D eigenvalue weighted by Gasteiger charge is -2.29. The molecule has 1 heteroatoms. The van der Waals surface area contributed by atoms with Gasteiger partial charge >= 0.3 is 0 Å². The molecule has 0 saturated heterocycles. The standard InChI is InChI=1S/C22H24Si/c1-3-19-14-16-20(17-15-19)18-23(2,21-10-6-4-7-11-21)22-12-8-5-9-13-22/h4-17H,3,18H2,1-2H3. The SMILES string of the molecule is CCc1ccc(C[Si](C)(c2ccccc2)c2ccccc2)cc1. The summed E-state index contributed by atoms with van der Waals surface area (Å²) in [6, 6.07) is 32.5. The van der Waals surface area contributed by atoms with E-state index in [1.165, 1.54) is 21.5 Å². The van der Waals surface area contributed by atoms with Gasteiger partial charge in [0.15, 0.2) is 0 Å². The highest BCUT2D eigenvalue weighted by Crippen LogP contribution is 2.15. The molecule has 0 heterocycles. The first kappa shape index (κ1) is 15.8. The van der Waals surface area contributed by atoms with Crippen LogP contribution in [0.25, 0.3) is 0 Å². The van der Waals surface area contributed by atoms with Crippen LogP contribution in [0.4, 0.5) is 0 Å². The maximum absolute atomic E-state index is 2.49. The summed E-state index contributed by atoms with van der Waals surface area (Å²) in [7, 11) is -1.77. The molecule has 0 aliphatic rings. The van der Waals surface area contributed by atoms with E-state index in [1.54, 1.807) is 0 Å². The molecule has 0 atom stereocenters. The molecule has 0 spiro atoms. The van der Waals surface area contributed by atoms with E-state index < -0.39 is 8.07 Å². The Labute approximate surface area is 140 Å². The summed E-state index contributed by atoms with van der Waals surface area (Å²) >= 11 is 0. The van der Waals surface area contributed by atoms with Crippen LogP contribution in [0.1, 0.15) is 18.1 Å². The Balaban J connectivity index is 2.01. The largest absolute Gasteiger partial charge is 0.119 e. The number of benzene rings is 3. The number of hydrogen-bond acceptors (Lipinski definition) is 0. The lowest BCUT2D eigenvalue weighted by molar-refractivity contribution is 1.13. The molecule has 0 N–H and O–H groups in total. The van der Waals surface area contributed by atoms with Crippen LogP contribution in [0.2, 0.25) is 6.55 Å². The van der Waals surface area contributed by atoms with Crippen molar-refractivity contribution < 1.29 is 0 Å². The van der Waals surface area contributed by atoms with Crippen LogP contribution < -0.4 is 10.4 Å². The smallest absolute Gasteiger partial charge is 0.0626 e. The highest BCUT2D eigenvalue weighted by atomic mass is 28.3. The highest BCUT2D eigenvalue weighted by Gasteiger charge is 2.31. The fourth-order valence-electron chi connectivity index (χ4n) is 3.28. The molecule has 23 heavy (non-hydrogen) atoms. The first-order valence-electron chi connectivity index (χ1n) is 8.41. The summed E-state index contributed by atoms with van der Waals surface area (Å²) in [5.41, 5.74) is 2.86. The monoisotopic (exact) mass is 316 g/mol. The lowest BCUT2D eigenvalue weighted by atomic mass is 10.1. The Hall–Kier alpha value is -2.12. The zero-order valence-corrected chi connectivity index (χ0v) is 15.0. The van der Waals surface area contributed by atoms with Gasteiger partial charge < -0.3 is 0 Å². The molecule has 3 rings (SSSR count). The van der Waals surface area contributed by atoms with Gasteiger partial charge in [-0.05, 0) is 18.0 Å². The molecule has 3 aromatic carbocycles. The van der Waals surface area contributed by atoms with Gasteiger partial charge in [-0.15, -0.1) is 0 Å². The van der Waals surface area contributed by atoms with Gasteiger partial charge in [0.05, 0.1) is 0 Å². The third-order valence-corrected chi connectivity index (χ3v) is 9.14. The van der Waals surface area contributed by atoms with E-state index in [-0.39, 0.29) is 0 Å². The van der Waals surface area contributed by atoms with Gasteiger partial charge in [-0.1, -0.05) is 114 Å². The zero-order chi connectivity index (χ0) is 16.1. The predicted molar refractivity (Wildman–Crippen MR) is 103 cm³/mol. The molecule has 0 saturated carbocycles. The van der Waals surface area contributed by atoms with Gasteiger partial charge in [0.2, 0.25) is 0 Å². The zero-order valence-electron chi connectivity index (χ0n) is 14.0. The Bertz CT molecular complexity index is 690. The van der Waals surface area contributed by atoms with Crippen LogP contribution in [-0.2, 0) is 12.5 Å². The minimum absolute atomic E-state index is 1.10. The molecule has 0 aliphatic heterocycles. The first-order valence-corrected chi connectivity index (χ1v) is 11.1. The Morgan fingerprint density at radius 2 is 1.04 bits per heavy atom. The maximum Gasteiger partial charge on any atom is 0.119 e. The number of hydrogen-bond donors (Lipinski definition) is 0. The van der Waals surface area contributed by atoms with Crippen LogP contribution in [0.5, 0.6) is 0 Å². The van der Waals surface area contributed by atoms with E-state index in [4.69, 9.17) is 0 Å². The molecule has 0 bridgehead atoms. The summed E-state index contributed by atoms with van der Waals surface area (Å²) in [5.74, 6) is 0. The van der Waals surface area contributed by atoms with Gasteiger partial charge in [0, 0.05) is 0 Å². The molecule has 0 fully saturated rings. The van der Waals surface area contributed by atoms with Crippen LogP contribution >= 0.6 is 0 Å². The summed E-state index contributed by atoms with van der Waals surface area (Å²) in [4.78, 5) is 0. The van der Waals surface area contributed by atoms with Crippen LogP contribution in [-0.4, -0.2) is 8.07 Å². The van der Waals surface area contributed by atoms with Crippen LogP contribution in [0.3, 0.4) is 0 Å². The summed E-state index contributed by atoms with van der Waals surface area (Å²) in [5, 5.41) is 3.01. The number of rotatable bonds is 5. The van der Waals surface area contributed by atoms with Crippen LogP contribution in [0.15, 0.2) is 84.9 Å². The maximum atomic E-state index is 2.49. The van der Waals surface area contributed by atoms with Crippen LogP contribution in [0, 0.1) is 0 Å². The number of aryl methyl sites for hydroxylation is 1. The van der Waals surface area contributed by atoms with Crippen molar-refractivity contribution in [2.75, 3.05) is 0 Å². The molecular formula is C22H24Si. The van der Waals surface area contributed by atoms with E-state index >= 15 is 0 Å². The van der Waals surface area contributed by atoms with Gasteiger partial charge in [0.1, 0.15) is 8.07 Å².